The highest BCUT2D eigenvalue weighted by molar-refractivity contribution is 5.09. The van der Waals surface area contributed by atoms with Gasteiger partial charge in [0.25, 0.3) is 0 Å². The molecule has 2 nitrogen and oxygen atoms in total. The van der Waals surface area contributed by atoms with Gasteiger partial charge in [0.15, 0.2) is 0 Å². The quantitative estimate of drug-likeness (QED) is 0.574. The molecule has 0 radical (unpaired) electrons. The molecule has 15 heavy (non-hydrogen) atoms. The molecule has 0 aliphatic heterocycles. The lowest BCUT2D eigenvalue weighted by atomic mass is 10.1. The van der Waals surface area contributed by atoms with Gasteiger partial charge in [0.2, 0.25) is 0 Å². The van der Waals surface area contributed by atoms with Crippen molar-refractivity contribution < 1.29 is 4.39 Å². The third-order valence-corrected chi connectivity index (χ3v) is 2.25. The molecule has 1 N–H and O–H groups in total. The van der Waals surface area contributed by atoms with Crippen LogP contribution in [0.15, 0.2) is 31.0 Å². The Labute approximate surface area is 90.2 Å². The summed E-state index contributed by atoms with van der Waals surface area (Å²) in [4.78, 5) is 4.06. The second kappa shape index (κ2) is 6.30. The number of halogens is 1. The Morgan fingerprint density at radius 3 is 2.93 bits per heavy atom. The van der Waals surface area contributed by atoms with E-state index in [1.807, 2.05) is 6.08 Å². The second-order valence-electron chi connectivity index (χ2n) is 3.39. The van der Waals surface area contributed by atoms with Gasteiger partial charge in [0.05, 0.1) is 11.9 Å². The number of nitrogens with one attached hydrogen (secondary N) is 1. The van der Waals surface area contributed by atoms with Crippen molar-refractivity contribution in [3.63, 3.8) is 0 Å². The molecule has 0 fully saturated rings. The lowest BCUT2D eigenvalue weighted by Gasteiger charge is -2.15. The number of hydrogen-bond donors (Lipinski definition) is 1. The lowest BCUT2D eigenvalue weighted by Crippen LogP contribution is -2.22. The Hall–Kier alpha value is -1.22. The third-order valence-electron chi connectivity index (χ3n) is 2.25. The summed E-state index contributed by atoms with van der Waals surface area (Å²) in [5.74, 6) is -0.292. The van der Waals surface area contributed by atoms with Gasteiger partial charge in [-0.1, -0.05) is 13.0 Å². The zero-order chi connectivity index (χ0) is 11.1. The van der Waals surface area contributed by atoms with Gasteiger partial charge < -0.3 is 5.32 Å². The van der Waals surface area contributed by atoms with E-state index in [-0.39, 0.29) is 11.9 Å². The predicted molar refractivity (Wildman–Crippen MR) is 60.0 cm³/mol. The van der Waals surface area contributed by atoms with Gasteiger partial charge in [-0.05, 0) is 31.5 Å². The highest BCUT2D eigenvalue weighted by atomic mass is 19.1. The number of rotatable bonds is 6. The van der Waals surface area contributed by atoms with E-state index in [4.69, 9.17) is 0 Å². The van der Waals surface area contributed by atoms with Crippen LogP contribution >= 0.6 is 0 Å². The highest BCUT2D eigenvalue weighted by Crippen LogP contribution is 2.13. The standard InChI is InChI=1S/C12H17FN2/c1-3-5-8-14-11(4-2)12-7-6-10(13)9-15-12/h3,6-7,9,11,14H,1,4-5,8H2,2H3. The fraction of sp³-hybridized carbons (Fsp3) is 0.417. The number of nitrogens with zero attached hydrogens (tertiary/aromatic N) is 1. The molecule has 0 aliphatic carbocycles. The van der Waals surface area contributed by atoms with E-state index in [0.29, 0.717) is 0 Å². The van der Waals surface area contributed by atoms with Crippen molar-refractivity contribution in [1.29, 1.82) is 0 Å². The Kier molecular flexibility index (Phi) is 4.98. The smallest absolute Gasteiger partial charge is 0.141 e. The van der Waals surface area contributed by atoms with Gasteiger partial charge in [0.1, 0.15) is 5.82 Å². The van der Waals surface area contributed by atoms with Crippen molar-refractivity contribution in [1.82, 2.24) is 10.3 Å². The molecule has 1 atom stereocenters. The average Bonchev–Trinajstić information content (AvgIpc) is 2.26. The molecule has 0 spiro atoms. The summed E-state index contributed by atoms with van der Waals surface area (Å²) in [6.45, 7) is 6.62. The zero-order valence-corrected chi connectivity index (χ0v) is 9.04. The molecule has 1 aromatic rings. The Balaban J connectivity index is 2.57. The minimum atomic E-state index is -0.292. The first-order valence-corrected chi connectivity index (χ1v) is 5.23. The van der Waals surface area contributed by atoms with Gasteiger partial charge in [-0.25, -0.2) is 4.39 Å². The normalized spacial score (nSPS) is 12.4. The van der Waals surface area contributed by atoms with E-state index < -0.39 is 0 Å². The molecule has 0 amide bonds. The molecule has 0 aliphatic rings. The van der Waals surface area contributed by atoms with Crippen LogP contribution in [0.2, 0.25) is 0 Å². The summed E-state index contributed by atoms with van der Waals surface area (Å²) in [7, 11) is 0. The lowest BCUT2D eigenvalue weighted by molar-refractivity contribution is 0.510. The first-order valence-electron chi connectivity index (χ1n) is 5.23. The van der Waals surface area contributed by atoms with E-state index in [1.165, 1.54) is 12.3 Å². The van der Waals surface area contributed by atoms with Crippen molar-refractivity contribution in [3.05, 3.63) is 42.5 Å². The molecule has 0 saturated heterocycles. The van der Waals surface area contributed by atoms with Crippen LogP contribution in [0, 0.1) is 5.82 Å². The maximum atomic E-state index is 12.7. The molecule has 82 valence electrons. The first-order chi connectivity index (χ1) is 7.27. The topological polar surface area (TPSA) is 24.9 Å². The fourth-order valence-electron chi connectivity index (χ4n) is 1.41. The first kappa shape index (κ1) is 11.9. The average molecular weight is 208 g/mol. The van der Waals surface area contributed by atoms with E-state index in [2.05, 4.69) is 23.8 Å². The van der Waals surface area contributed by atoms with Gasteiger partial charge in [-0.15, -0.1) is 6.58 Å². The van der Waals surface area contributed by atoms with Crippen LogP contribution in [-0.4, -0.2) is 11.5 Å². The van der Waals surface area contributed by atoms with Crippen molar-refractivity contribution >= 4 is 0 Å². The molecule has 1 heterocycles. The summed E-state index contributed by atoms with van der Waals surface area (Å²) in [6, 6.07) is 3.37. The molecular weight excluding hydrogens is 191 g/mol. The van der Waals surface area contributed by atoms with Crippen molar-refractivity contribution in [2.75, 3.05) is 6.54 Å². The van der Waals surface area contributed by atoms with Crippen LogP contribution in [0.25, 0.3) is 0 Å². The molecule has 0 bridgehead atoms. The number of pyridine rings is 1. The van der Waals surface area contributed by atoms with E-state index >= 15 is 0 Å². The Morgan fingerprint density at radius 2 is 2.40 bits per heavy atom. The van der Waals surface area contributed by atoms with Gasteiger partial charge in [-0.3, -0.25) is 4.98 Å². The molecule has 0 aromatic carbocycles. The van der Waals surface area contributed by atoms with Crippen molar-refractivity contribution in [2.45, 2.75) is 25.8 Å². The van der Waals surface area contributed by atoms with Crippen LogP contribution in [0.3, 0.4) is 0 Å². The monoisotopic (exact) mass is 208 g/mol. The van der Waals surface area contributed by atoms with E-state index in [1.54, 1.807) is 6.07 Å². The van der Waals surface area contributed by atoms with Crippen LogP contribution in [0.1, 0.15) is 31.5 Å². The van der Waals surface area contributed by atoms with Gasteiger partial charge >= 0.3 is 0 Å². The largest absolute Gasteiger partial charge is 0.308 e. The van der Waals surface area contributed by atoms with Crippen molar-refractivity contribution in [3.8, 4) is 0 Å². The van der Waals surface area contributed by atoms with Crippen LogP contribution in [-0.2, 0) is 0 Å². The SMILES string of the molecule is C=CCCNC(CC)c1ccc(F)cn1. The number of hydrogen-bond acceptors (Lipinski definition) is 2. The summed E-state index contributed by atoms with van der Waals surface area (Å²) in [5.41, 5.74) is 0.892. The zero-order valence-electron chi connectivity index (χ0n) is 9.04. The maximum Gasteiger partial charge on any atom is 0.141 e. The van der Waals surface area contributed by atoms with Gasteiger partial charge in [-0.2, -0.15) is 0 Å². The third kappa shape index (κ3) is 3.80. The molecule has 1 aromatic heterocycles. The number of aromatic nitrogens is 1. The molecule has 3 heteroatoms. The minimum absolute atomic E-state index is 0.200. The minimum Gasteiger partial charge on any atom is -0.308 e. The molecule has 0 saturated carbocycles. The molecule has 1 unspecified atom stereocenters. The molecule has 1 rings (SSSR count). The van der Waals surface area contributed by atoms with E-state index in [9.17, 15) is 4.39 Å². The molecular formula is C12H17FN2. The highest BCUT2D eigenvalue weighted by Gasteiger charge is 2.08. The Morgan fingerprint density at radius 1 is 1.60 bits per heavy atom. The maximum absolute atomic E-state index is 12.7. The summed E-state index contributed by atoms with van der Waals surface area (Å²) >= 11 is 0. The summed E-state index contributed by atoms with van der Waals surface area (Å²) < 4.78 is 12.7. The van der Waals surface area contributed by atoms with E-state index in [0.717, 1.165) is 25.1 Å². The van der Waals surface area contributed by atoms with Crippen LogP contribution in [0.4, 0.5) is 4.39 Å². The van der Waals surface area contributed by atoms with Gasteiger partial charge in [0, 0.05) is 6.04 Å². The second-order valence-corrected chi connectivity index (χ2v) is 3.39. The summed E-state index contributed by atoms with van der Waals surface area (Å²) in [5, 5.41) is 3.35. The van der Waals surface area contributed by atoms with Crippen LogP contribution < -0.4 is 5.32 Å². The summed E-state index contributed by atoms with van der Waals surface area (Å²) in [6.07, 6.45) is 5.00. The Bertz CT molecular complexity index is 295. The fourth-order valence-corrected chi connectivity index (χ4v) is 1.41. The predicted octanol–water partition coefficient (Wildman–Crippen LogP) is 2.84. The van der Waals surface area contributed by atoms with Crippen molar-refractivity contribution in [2.24, 2.45) is 0 Å². The van der Waals surface area contributed by atoms with Crippen LogP contribution in [0.5, 0.6) is 0 Å².